The second-order valence-electron chi connectivity index (χ2n) is 12.8. The predicted octanol–water partition coefficient (Wildman–Crippen LogP) is 5.90. The van der Waals surface area contributed by atoms with Gasteiger partial charge in [-0.2, -0.15) is 13.2 Å². The summed E-state index contributed by atoms with van der Waals surface area (Å²) < 4.78 is 47.2. The Morgan fingerprint density at radius 3 is 2.30 bits per heavy atom. The normalized spacial score (nSPS) is 16.9. The Morgan fingerprint density at radius 2 is 1.70 bits per heavy atom. The minimum atomic E-state index is -4.60. The van der Waals surface area contributed by atoms with Crippen molar-refractivity contribution in [3.05, 3.63) is 88.3 Å². The SMILES string of the molecule is CC(C)(C)OC(=O)N1CCC(c2ccc(Cc3ncc(C(F)(F)F)c(CCc4ccccc4C4(C(N)=O)CC4)n3)cn2)CC1. The van der Waals surface area contributed by atoms with Crippen LogP contribution >= 0.6 is 0 Å². The van der Waals surface area contributed by atoms with E-state index < -0.39 is 28.7 Å². The van der Waals surface area contributed by atoms with Gasteiger partial charge in [0, 0.05) is 43.5 Å². The van der Waals surface area contributed by atoms with E-state index >= 15 is 0 Å². The van der Waals surface area contributed by atoms with Crippen molar-refractivity contribution in [2.75, 3.05) is 13.1 Å². The van der Waals surface area contributed by atoms with Crippen LogP contribution in [0.15, 0.2) is 48.8 Å². The molecule has 11 heteroatoms. The number of benzene rings is 1. The number of amides is 2. The highest BCUT2D eigenvalue weighted by Gasteiger charge is 2.50. The first-order chi connectivity index (χ1) is 20.7. The number of carbonyl (C=O) groups is 2. The number of aromatic nitrogens is 3. The Hall–Kier alpha value is -4.02. The number of hydrogen-bond donors (Lipinski definition) is 1. The first kappa shape index (κ1) is 31.4. The zero-order valence-corrected chi connectivity index (χ0v) is 25.3. The van der Waals surface area contributed by atoms with Gasteiger partial charge in [-0.15, -0.1) is 0 Å². The largest absolute Gasteiger partial charge is 0.444 e. The quantitative estimate of drug-likeness (QED) is 0.341. The van der Waals surface area contributed by atoms with E-state index in [4.69, 9.17) is 10.5 Å². The number of ether oxygens (including phenoxy) is 1. The van der Waals surface area contributed by atoms with Crippen LogP contribution in [0.1, 0.15) is 91.8 Å². The van der Waals surface area contributed by atoms with Gasteiger partial charge in [-0.1, -0.05) is 30.3 Å². The molecular formula is C33H38F3N5O3. The van der Waals surface area contributed by atoms with Gasteiger partial charge < -0.3 is 15.4 Å². The van der Waals surface area contributed by atoms with E-state index in [1.54, 1.807) is 11.1 Å². The standard InChI is InChI=1S/C33H38F3N5O3/c1-31(2,3)44-30(43)41-16-12-23(13-17-41)26-10-8-21(19-38-26)18-28-39-20-25(33(34,35)36)27(40-28)11-9-22-6-4-5-7-24(22)32(14-15-32)29(37)42/h4-8,10,19-20,23H,9,11-18H2,1-3H3,(H2,37,42). The van der Waals surface area contributed by atoms with Crippen molar-refractivity contribution in [2.45, 2.75) is 88.8 Å². The second-order valence-corrected chi connectivity index (χ2v) is 12.8. The number of aryl methyl sites for hydroxylation is 2. The molecule has 44 heavy (non-hydrogen) atoms. The summed E-state index contributed by atoms with van der Waals surface area (Å²) in [6, 6.07) is 11.1. The van der Waals surface area contributed by atoms with Crippen LogP contribution in [0.4, 0.5) is 18.0 Å². The minimum Gasteiger partial charge on any atom is -0.444 e. The van der Waals surface area contributed by atoms with E-state index in [0.717, 1.165) is 41.4 Å². The van der Waals surface area contributed by atoms with Crippen molar-refractivity contribution in [1.82, 2.24) is 19.9 Å². The molecule has 2 amide bonds. The topological polar surface area (TPSA) is 111 Å². The third kappa shape index (κ3) is 7.19. The molecule has 8 nitrogen and oxygen atoms in total. The molecule has 0 spiro atoms. The van der Waals surface area contributed by atoms with E-state index in [1.807, 2.05) is 57.2 Å². The van der Waals surface area contributed by atoms with E-state index in [9.17, 15) is 22.8 Å². The summed E-state index contributed by atoms with van der Waals surface area (Å²) >= 11 is 0. The van der Waals surface area contributed by atoms with Gasteiger partial charge in [0.1, 0.15) is 11.4 Å². The van der Waals surface area contributed by atoms with Crippen LogP contribution in [-0.2, 0) is 40.4 Å². The summed E-state index contributed by atoms with van der Waals surface area (Å²) in [7, 11) is 0. The fourth-order valence-corrected chi connectivity index (χ4v) is 5.85. The summed E-state index contributed by atoms with van der Waals surface area (Å²) in [6.07, 6.45) is 1.03. The van der Waals surface area contributed by atoms with Gasteiger partial charge in [0.2, 0.25) is 5.91 Å². The number of likely N-dealkylation sites (tertiary alicyclic amines) is 1. The Labute approximate surface area is 255 Å². The molecule has 2 aromatic heterocycles. The molecule has 0 unspecified atom stereocenters. The average Bonchev–Trinajstić information content (AvgIpc) is 3.78. The molecule has 1 saturated heterocycles. The lowest BCUT2D eigenvalue weighted by Gasteiger charge is -2.33. The fraction of sp³-hybridized carbons (Fsp3) is 0.485. The van der Waals surface area contributed by atoms with E-state index in [-0.39, 0.29) is 42.8 Å². The maximum absolute atomic E-state index is 13.9. The van der Waals surface area contributed by atoms with Crippen molar-refractivity contribution in [3.63, 3.8) is 0 Å². The molecular weight excluding hydrogens is 571 g/mol. The van der Waals surface area contributed by atoms with E-state index in [2.05, 4.69) is 15.0 Å². The zero-order valence-electron chi connectivity index (χ0n) is 25.3. The number of carbonyl (C=O) groups excluding carboxylic acids is 2. The number of alkyl halides is 3. The van der Waals surface area contributed by atoms with Gasteiger partial charge in [0.05, 0.1) is 16.7 Å². The number of pyridine rings is 1. The molecule has 0 bridgehead atoms. The molecule has 1 aliphatic carbocycles. The summed E-state index contributed by atoms with van der Waals surface area (Å²) in [5.74, 6) is 0.0670. The van der Waals surface area contributed by atoms with Gasteiger partial charge in [-0.3, -0.25) is 9.78 Å². The van der Waals surface area contributed by atoms with Crippen LogP contribution in [0.5, 0.6) is 0 Å². The summed E-state index contributed by atoms with van der Waals surface area (Å²) in [5.41, 5.74) is 6.74. The maximum Gasteiger partial charge on any atom is 0.419 e. The van der Waals surface area contributed by atoms with Crippen LogP contribution in [-0.4, -0.2) is 50.5 Å². The van der Waals surface area contributed by atoms with Gasteiger partial charge in [-0.25, -0.2) is 14.8 Å². The van der Waals surface area contributed by atoms with Crippen molar-refractivity contribution < 1.29 is 27.5 Å². The lowest BCUT2D eigenvalue weighted by Crippen LogP contribution is -2.41. The van der Waals surface area contributed by atoms with Crippen LogP contribution in [0.2, 0.25) is 0 Å². The predicted molar refractivity (Wildman–Crippen MR) is 158 cm³/mol. The lowest BCUT2D eigenvalue weighted by molar-refractivity contribution is -0.138. The average molecular weight is 610 g/mol. The van der Waals surface area contributed by atoms with Crippen LogP contribution in [0.25, 0.3) is 0 Å². The Kier molecular flexibility index (Phi) is 8.68. The van der Waals surface area contributed by atoms with Crippen LogP contribution in [0.3, 0.4) is 0 Å². The lowest BCUT2D eigenvalue weighted by atomic mass is 9.88. The molecule has 2 aliphatic rings. The number of rotatable bonds is 8. The van der Waals surface area contributed by atoms with Gasteiger partial charge >= 0.3 is 12.3 Å². The molecule has 234 valence electrons. The second kappa shape index (κ2) is 12.2. The molecule has 1 saturated carbocycles. The van der Waals surface area contributed by atoms with E-state index in [1.165, 1.54) is 0 Å². The smallest absolute Gasteiger partial charge is 0.419 e. The molecule has 2 N–H and O–H groups in total. The first-order valence-corrected chi connectivity index (χ1v) is 15.0. The third-order valence-corrected chi connectivity index (χ3v) is 8.38. The number of piperidine rings is 1. The highest BCUT2D eigenvalue weighted by Crippen LogP contribution is 2.49. The molecule has 3 heterocycles. The molecule has 3 aromatic rings. The highest BCUT2D eigenvalue weighted by molar-refractivity contribution is 5.90. The van der Waals surface area contributed by atoms with E-state index in [0.29, 0.717) is 25.9 Å². The molecule has 1 aromatic carbocycles. The van der Waals surface area contributed by atoms with Crippen molar-refractivity contribution in [1.29, 1.82) is 0 Å². The Morgan fingerprint density at radius 1 is 1.00 bits per heavy atom. The monoisotopic (exact) mass is 609 g/mol. The number of nitrogens with two attached hydrogens (primary N) is 1. The highest BCUT2D eigenvalue weighted by atomic mass is 19.4. The molecule has 1 aliphatic heterocycles. The van der Waals surface area contributed by atoms with Gasteiger partial charge in [0.25, 0.3) is 0 Å². The molecule has 0 atom stereocenters. The number of nitrogens with zero attached hydrogens (tertiary/aromatic N) is 4. The minimum absolute atomic E-state index is 0.0371. The van der Waals surface area contributed by atoms with Crippen molar-refractivity contribution in [3.8, 4) is 0 Å². The van der Waals surface area contributed by atoms with Crippen LogP contribution < -0.4 is 5.73 Å². The number of halogens is 3. The molecule has 0 radical (unpaired) electrons. The Bertz CT molecular complexity index is 1510. The molecule has 5 rings (SSSR count). The zero-order chi connectivity index (χ0) is 31.7. The number of primary amides is 1. The van der Waals surface area contributed by atoms with Crippen molar-refractivity contribution >= 4 is 12.0 Å². The molecule has 2 fully saturated rings. The summed E-state index contributed by atoms with van der Waals surface area (Å²) in [4.78, 5) is 39.2. The van der Waals surface area contributed by atoms with Gasteiger partial charge in [-0.05, 0) is 82.1 Å². The summed E-state index contributed by atoms with van der Waals surface area (Å²) in [6.45, 7) is 6.70. The summed E-state index contributed by atoms with van der Waals surface area (Å²) in [5, 5.41) is 0. The van der Waals surface area contributed by atoms with Crippen LogP contribution in [0, 0.1) is 0 Å². The Balaban J connectivity index is 1.26. The van der Waals surface area contributed by atoms with Gasteiger partial charge in [0.15, 0.2) is 0 Å². The van der Waals surface area contributed by atoms with Crippen molar-refractivity contribution in [2.24, 2.45) is 5.73 Å². The third-order valence-electron chi connectivity index (χ3n) is 8.38. The fourth-order valence-electron chi connectivity index (χ4n) is 5.85. The number of hydrogen-bond acceptors (Lipinski definition) is 6. The first-order valence-electron chi connectivity index (χ1n) is 15.0. The maximum atomic E-state index is 13.9.